The molecule has 0 spiro atoms. The van der Waals surface area contributed by atoms with Crippen molar-refractivity contribution in [3.63, 3.8) is 0 Å². The zero-order valence-corrected chi connectivity index (χ0v) is 8.55. The quantitative estimate of drug-likeness (QED) is 0.723. The van der Waals surface area contributed by atoms with Gasteiger partial charge in [-0.3, -0.25) is 4.79 Å². The third kappa shape index (κ3) is 4.00. The van der Waals surface area contributed by atoms with Gasteiger partial charge in [0.2, 0.25) is 0 Å². The Hall–Kier alpha value is -0.220. The highest BCUT2D eigenvalue weighted by Gasteiger charge is 2.20. The lowest BCUT2D eigenvalue weighted by Crippen LogP contribution is -2.33. The molecule has 1 rings (SSSR count). The van der Waals surface area contributed by atoms with Gasteiger partial charge in [0, 0.05) is 12.5 Å². The molecule has 0 aromatic rings. The van der Waals surface area contributed by atoms with E-state index in [-0.39, 0.29) is 12.5 Å². The van der Waals surface area contributed by atoms with Gasteiger partial charge in [-0.05, 0) is 36.7 Å². The van der Waals surface area contributed by atoms with Gasteiger partial charge in [-0.25, -0.2) is 0 Å². The van der Waals surface area contributed by atoms with Crippen LogP contribution >= 0.6 is 11.8 Å². The molecule has 0 aromatic heterocycles. The summed E-state index contributed by atoms with van der Waals surface area (Å²) in [6.07, 6.45) is 3.24. The van der Waals surface area contributed by atoms with Crippen molar-refractivity contribution in [1.82, 2.24) is 0 Å². The van der Waals surface area contributed by atoms with Crippen LogP contribution in [0, 0.1) is 5.92 Å². The summed E-state index contributed by atoms with van der Waals surface area (Å²) in [5.74, 6) is 2.15. The van der Waals surface area contributed by atoms with E-state index in [4.69, 9.17) is 10.8 Å². The summed E-state index contributed by atoms with van der Waals surface area (Å²) in [4.78, 5) is 10.3. The van der Waals surface area contributed by atoms with Crippen molar-refractivity contribution in [2.45, 2.75) is 31.7 Å². The molecule has 3 nitrogen and oxygen atoms in total. The SMILES string of the molecule is NC(CCC(=O)O)C1CCCSC1. The van der Waals surface area contributed by atoms with Crippen LogP contribution in [0.1, 0.15) is 25.7 Å². The molecule has 2 unspecified atom stereocenters. The van der Waals surface area contributed by atoms with Crippen molar-refractivity contribution < 1.29 is 9.90 Å². The van der Waals surface area contributed by atoms with Gasteiger partial charge in [0.25, 0.3) is 0 Å². The molecule has 3 N–H and O–H groups in total. The van der Waals surface area contributed by atoms with Gasteiger partial charge in [0.15, 0.2) is 0 Å². The van der Waals surface area contributed by atoms with Crippen molar-refractivity contribution in [3.05, 3.63) is 0 Å². The first kappa shape index (κ1) is 10.9. The zero-order chi connectivity index (χ0) is 9.68. The summed E-state index contributed by atoms with van der Waals surface area (Å²) in [5, 5.41) is 8.50. The fourth-order valence-corrected chi connectivity index (χ4v) is 2.88. The highest BCUT2D eigenvalue weighted by atomic mass is 32.2. The van der Waals surface area contributed by atoms with Gasteiger partial charge in [0.05, 0.1) is 0 Å². The van der Waals surface area contributed by atoms with Crippen molar-refractivity contribution in [1.29, 1.82) is 0 Å². The van der Waals surface area contributed by atoms with Crippen LogP contribution in [0.3, 0.4) is 0 Å². The Morgan fingerprint density at radius 1 is 1.69 bits per heavy atom. The van der Waals surface area contributed by atoms with Crippen LogP contribution in [0.5, 0.6) is 0 Å². The smallest absolute Gasteiger partial charge is 0.303 e. The number of hydrogen-bond acceptors (Lipinski definition) is 3. The van der Waals surface area contributed by atoms with Crippen LogP contribution in [-0.2, 0) is 4.79 Å². The first-order valence-corrected chi connectivity index (χ1v) is 5.90. The van der Waals surface area contributed by atoms with Crippen LogP contribution in [-0.4, -0.2) is 28.6 Å². The van der Waals surface area contributed by atoms with Crippen molar-refractivity contribution in [2.75, 3.05) is 11.5 Å². The van der Waals surface area contributed by atoms with Gasteiger partial charge < -0.3 is 10.8 Å². The molecule has 2 atom stereocenters. The molecule has 1 aliphatic heterocycles. The number of aliphatic carboxylic acids is 1. The second kappa shape index (κ2) is 5.50. The largest absolute Gasteiger partial charge is 0.481 e. The monoisotopic (exact) mass is 203 g/mol. The number of carbonyl (C=O) groups is 1. The molecule has 1 heterocycles. The van der Waals surface area contributed by atoms with Crippen molar-refractivity contribution >= 4 is 17.7 Å². The Balaban J connectivity index is 2.20. The lowest BCUT2D eigenvalue weighted by molar-refractivity contribution is -0.137. The molecule has 1 fully saturated rings. The third-order valence-electron chi connectivity index (χ3n) is 2.49. The average molecular weight is 203 g/mol. The Labute approximate surface area is 83.1 Å². The first-order chi connectivity index (χ1) is 6.20. The molecular formula is C9H17NO2S. The Kier molecular flexibility index (Phi) is 4.59. The standard InChI is InChI=1S/C9H17NO2S/c10-8(3-4-9(11)12)7-2-1-5-13-6-7/h7-8H,1-6,10H2,(H,11,12). The molecule has 0 saturated carbocycles. The molecule has 0 bridgehead atoms. The molecule has 13 heavy (non-hydrogen) atoms. The van der Waals surface area contributed by atoms with E-state index in [0.717, 1.165) is 5.75 Å². The summed E-state index contributed by atoms with van der Waals surface area (Å²) < 4.78 is 0. The average Bonchev–Trinajstić information content (AvgIpc) is 2.15. The molecule has 0 aromatic carbocycles. The van der Waals surface area contributed by atoms with Crippen LogP contribution < -0.4 is 5.73 Å². The number of nitrogens with two attached hydrogens (primary N) is 1. The Morgan fingerprint density at radius 2 is 2.46 bits per heavy atom. The van der Waals surface area contributed by atoms with Crippen LogP contribution in [0.15, 0.2) is 0 Å². The molecule has 0 aliphatic carbocycles. The molecule has 0 radical (unpaired) electrons. The predicted molar refractivity (Wildman–Crippen MR) is 54.9 cm³/mol. The molecule has 76 valence electrons. The fourth-order valence-electron chi connectivity index (χ4n) is 1.63. The maximum Gasteiger partial charge on any atom is 0.303 e. The van der Waals surface area contributed by atoms with E-state index in [1.54, 1.807) is 0 Å². The van der Waals surface area contributed by atoms with Gasteiger partial charge in [-0.1, -0.05) is 0 Å². The summed E-state index contributed by atoms with van der Waals surface area (Å²) in [6, 6.07) is 0.0869. The lowest BCUT2D eigenvalue weighted by Gasteiger charge is -2.26. The molecule has 1 aliphatic rings. The fraction of sp³-hybridized carbons (Fsp3) is 0.889. The third-order valence-corrected chi connectivity index (χ3v) is 3.73. The summed E-state index contributed by atoms with van der Waals surface area (Å²) >= 11 is 1.94. The highest BCUT2D eigenvalue weighted by molar-refractivity contribution is 7.99. The molecule has 4 heteroatoms. The normalized spacial score (nSPS) is 25.5. The zero-order valence-electron chi connectivity index (χ0n) is 7.74. The van der Waals surface area contributed by atoms with Crippen molar-refractivity contribution in [2.24, 2.45) is 11.7 Å². The minimum atomic E-state index is -0.737. The van der Waals surface area contributed by atoms with Crippen molar-refractivity contribution in [3.8, 4) is 0 Å². The van der Waals surface area contributed by atoms with E-state index in [2.05, 4.69) is 0 Å². The summed E-state index contributed by atoms with van der Waals surface area (Å²) in [5.41, 5.74) is 5.92. The predicted octanol–water partition coefficient (Wildman–Crippen LogP) is 1.32. The molecule has 1 saturated heterocycles. The minimum Gasteiger partial charge on any atom is -0.481 e. The van der Waals surface area contributed by atoms with E-state index >= 15 is 0 Å². The van der Waals surface area contributed by atoms with Gasteiger partial charge >= 0.3 is 5.97 Å². The number of thioether (sulfide) groups is 1. The molecule has 0 amide bonds. The second-order valence-electron chi connectivity index (χ2n) is 3.57. The maximum absolute atomic E-state index is 10.3. The Morgan fingerprint density at radius 3 is 3.00 bits per heavy atom. The second-order valence-corrected chi connectivity index (χ2v) is 4.72. The maximum atomic E-state index is 10.3. The lowest BCUT2D eigenvalue weighted by atomic mass is 9.93. The van der Waals surface area contributed by atoms with E-state index < -0.39 is 5.97 Å². The Bertz CT molecular complexity index is 169. The van der Waals surface area contributed by atoms with E-state index in [9.17, 15) is 4.79 Å². The summed E-state index contributed by atoms with van der Waals surface area (Å²) in [6.45, 7) is 0. The van der Waals surface area contributed by atoms with E-state index in [1.165, 1.54) is 18.6 Å². The summed E-state index contributed by atoms with van der Waals surface area (Å²) in [7, 11) is 0. The van der Waals surface area contributed by atoms with E-state index in [0.29, 0.717) is 12.3 Å². The topological polar surface area (TPSA) is 63.3 Å². The number of hydrogen-bond donors (Lipinski definition) is 2. The van der Waals surface area contributed by atoms with Gasteiger partial charge in [-0.15, -0.1) is 0 Å². The van der Waals surface area contributed by atoms with Crippen LogP contribution in [0.4, 0.5) is 0 Å². The van der Waals surface area contributed by atoms with Gasteiger partial charge in [0.1, 0.15) is 0 Å². The highest BCUT2D eigenvalue weighted by Crippen LogP contribution is 2.25. The number of carboxylic acids is 1. The van der Waals surface area contributed by atoms with Crippen LogP contribution in [0.25, 0.3) is 0 Å². The van der Waals surface area contributed by atoms with Crippen LogP contribution in [0.2, 0.25) is 0 Å². The molecular weight excluding hydrogens is 186 g/mol. The first-order valence-electron chi connectivity index (χ1n) is 4.75. The minimum absolute atomic E-state index is 0.0869. The van der Waals surface area contributed by atoms with Gasteiger partial charge in [-0.2, -0.15) is 11.8 Å². The number of rotatable bonds is 4. The number of carboxylic acid groups (broad SMARTS) is 1. The van der Waals surface area contributed by atoms with E-state index in [1.807, 2.05) is 11.8 Å².